The lowest BCUT2D eigenvalue weighted by Gasteiger charge is -2.08. The number of pyridine rings is 1. The molecule has 2 heterocycles. The number of hydrogen-bond donors (Lipinski definition) is 2. The third-order valence-corrected chi connectivity index (χ3v) is 4.09. The van der Waals surface area contributed by atoms with Gasteiger partial charge < -0.3 is 10.4 Å². The van der Waals surface area contributed by atoms with E-state index < -0.39 is 5.97 Å². The minimum atomic E-state index is -1.07. The largest absolute Gasteiger partial charge is 0.478 e. The average Bonchev–Trinajstić information content (AvgIpc) is 2.77. The first kappa shape index (κ1) is 14.1. The Hall–Kier alpha value is -1.30. The van der Waals surface area contributed by atoms with Gasteiger partial charge in [0.25, 0.3) is 0 Å². The van der Waals surface area contributed by atoms with E-state index in [0.717, 1.165) is 15.6 Å². The van der Waals surface area contributed by atoms with E-state index in [2.05, 4.69) is 10.3 Å². The van der Waals surface area contributed by atoms with Gasteiger partial charge in [0.15, 0.2) is 0 Å². The van der Waals surface area contributed by atoms with E-state index in [0.29, 0.717) is 12.4 Å². The number of rotatable bonds is 5. The van der Waals surface area contributed by atoms with Crippen LogP contribution < -0.4 is 5.32 Å². The SMILES string of the molecule is O=C(O)c1ccnc(NCCc2ccc(Cl)s2)c1Cl. The monoisotopic (exact) mass is 316 g/mol. The maximum absolute atomic E-state index is 10.9. The molecule has 2 aromatic heterocycles. The lowest BCUT2D eigenvalue weighted by Crippen LogP contribution is -2.08. The Labute approximate surface area is 124 Å². The summed E-state index contributed by atoms with van der Waals surface area (Å²) >= 11 is 13.3. The highest BCUT2D eigenvalue weighted by Crippen LogP contribution is 2.24. The van der Waals surface area contributed by atoms with Crippen LogP contribution in [0.25, 0.3) is 0 Å². The van der Waals surface area contributed by atoms with Gasteiger partial charge in [-0.15, -0.1) is 11.3 Å². The van der Waals surface area contributed by atoms with E-state index in [4.69, 9.17) is 28.3 Å². The Morgan fingerprint density at radius 3 is 2.79 bits per heavy atom. The molecule has 0 aliphatic rings. The van der Waals surface area contributed by atoms with Gasteiger partial charge in [0.05, 0.1) is 14.9 Å². The number of aromatic nitrogens is 1. The Kier molecular flexibility index (Phi) is 4.63. The van der Waals surface area contributed by atoms with Gasteiger partial charge in [0, 0.05) is 17.6 Å². The molecule has 19 heavy (non-hydrogen) atoms. The van der Waals surface area contributed by atoms with Crippen molar-refractivity contribution in [1.29, 1.82) is 0 Å². The number of carbonyl (C=O) groups is 1. The van der Waals surface area contributed by atoms with Crippen LogP contribution in [0.4, 0.5) is 5.82 Å². The van der Waals surface area contributed by atoms with Crippen LogP contribution >= 0.6 is 34.5 Å². The molecule has 2 N–H and O–H groups in total. The summed E-state index contributed by atoms with van der Waals surface area (Å²) in [6.45, 7) is 0.604. The molecule has 0 amide bonds. The first-order valence-electron chi connectivity index (χ1n) is 5.44. The van der Waals surface area contributed by atoms with Gasteiger partial charge in [-0.2, -0.15) is 0 Å². The van der Waals surface area contributed by atoms with Gasteiger partial charge in [-0.05, 0) is 24.6 Å². The molecule has 0 atom stereocenters. The van der Waals surface area contributed by atoms with Crippen LogP contribution in [0.2, 0.25) is 9.36 Å². The van der Waals surface area contributed by atoms with Crippen LogP contribution in [-0.2, 0) is 6.42 Å². The molecule has 7 heteroatoms. The smallest absolute Gasteiger partial charge is 0.337 e. The summed E-state index contributed by atoms with van der Waals surface area (Å²) in [6.07, 6.45) is 2.19. The Morgan fingerprint density at radius 2 is 2.16 bits per heavy atom. The highest BCUT2D eigenvalue weighted by Gasteiger charge is 2.12. The van der Waals surface area contributed by atoms with Gasteiger partial charge in [0.1, 0.15) is 5.82 Å². The summed E-state index contributed by atoms with van der Waals surface area (Å²) in [5, 5.41) is 12.1. The standard InChI is InChI=1S/C12H10Cl2N2O2S/c13-9-2-1-7(19-9)3-5-15-11-10(14)8(12(17)18)4-6-16-11/h1-2,4,6H,3,5H2,(H,15,16)(H,17,18). The van der Waals surface area contributed by atoms with E-state index in [1.54, 1.807) is 0 Å². The van der Waals surface area contributed by atoms with E-state index in [-0.39, 0.29) is 10.6 Å². The van der Waals surface area contributed by atoms with Crippen molar-refractivity contribution in [2.45, 2.75) is 6.42 Å². The Balaban J connectivity index is 2.00. The van der Waals surface area contributed by atoms with E-state index in [1.165, 1.54) is 23.6 Å². The van der Waals surface area contributed by atoms with E-state index >= 15 is 0 Å². The zero-order valence-corrected chi connectivity index (χ0v) is 12.0. The summed E-state index contributed by atoms with van der Waals surface area (Å²) in [5.41, 5.74) is 0.0401. The quantitative estimate of drug-likeness (QED) is 0.880. The minimum absolute atomic E-state index is 0.0401. The molecule has 100 valence electrons. The molecule has 0 unspecified atom stereocenters. The molecule has 0 saturated carbocycles. The number of aromatic carboxylic acids is 1. The molecular formula is C12H10Cl2N2O2S. The molecule has 0 saturated heterocycles. The maximum atomic E-state index is 10.9. The maximum Gasteiger partial charge on any atom is 0.337 e. The predicted octanol–water partition coefficient (Wildman–Crippen LogP) is 3.80. The third kappa shape index (κ3) is 3.59. The number of anilines is 1. The summed E-state index contributed by atoms with van der Waals surface area (Å²) in [4.78, 5) is 16.1. The van der Waals surface area contributed by atoms with Gasteiger partial charge in [-0.25, -0.2) is 9.78 Å². The molecule has 0 radical (unpaired) electrons. The molecule has 2 aromatic rings. The summed E-state index contributed by atoms with van der Waals surface area (Å²) in [7, 11) is 0. The molecule has 2 rings (SSSR count). The van der Waals surface area contributed by atoms with Gasteiger partial charge in [-0.3, -0.25) is 0 Å². The summed E-state index contributed by atoms with van der Waals surface area (Å²) < 4.78 is 0.749. The Morgan fingerprint density at radius 1 is 1.37 bits per heavy atom. The molecule has 0 fully saturated rings. The van der Waals surface area contributed by atoms with Crippen LogP contribution in [0.15, 0.2) is 24.4 Å². The van der Waals surface area contributed by atoms with Crippen molar-refractivity contribution in [3.05, 3.63) is 44.2 Å². The number of hydrogen-bond acceptors (Lipinski definition) is 4. The van der Waals surface area contributed by atoms with Crippen LogP contribution in [0.5, 0.6) is 0 Å². The lowest BCUT2D eigenvalue weighted by atomic mass is 10.2. The van der Waals surface area contributed by atoms with Crippen LogP contribution in [0.3, 0.4) is 0 Å². The third-order valence-electron chi connectivity index (χ3n) is 2.41. The number of halogens is 2. The van der Waals surface area contributed by atoms with Crippen LogP contribution in [-0.4, -0.2) is 22.6 Å². The van der Waals surface area contributed by atoms with E-state index in [9.17, 15) is 4.79 Å². The second-order valence-electron chi connectivity index (χ2n) is 3.71. The normalized spacial score (nSPS) is 10.4. The second-order valence-corrected chi connectivity index (χ2v) is 5.89. The lowest BCUT2D eigenvalue weighted by molar-refractivity contribution is 0.0697. The molecule has 0 aliphatic carbocycles. The molecule has 0 aromatic carbocycles. The number of carboxylic acids is 1. The highest BCUT2D eigenvalue weighted by molar-refractivity contribution is 7.16. The van der Waals surface area contributed by atoms with Crippen molar-refractivity contribution in [3.8, 4) is 0 Å². The highest BCUT2D eigenvalue weighted by atomic mass is 35.5. The fourth-order valence-corrected chi connectivity index (χ4v) is 2.87. The number of nitrogens with one attached hydrogen (secondary N) is 1. The van der Waals surface area contributed by atoms with Gasteiger partial charge in [-0.1, -0.05) is 23.2 Å². The molecule has 4 nitrogen and oxygen atoms in total. The molecule has 0 spiro atoms. The van der Waals surface area contributed by atoms with Crippen molar-refractivity contribution < 1.29 is 9.90 Å². The number of thiophene rings is 1. The van der Waals surface area contributed by atoms with Gasteiger partial charge >= 0.3 is 5.97 Å². The van der Waals surface area contributed by atoms with Crippen molar-refractivity contribution in [1.82, 2.24) is 4.98 Å². The first-order valence-corrected chi connectivity index (χ1v) is 7.01. The summed E-state index contributed by atoms with van der Waals surface area (Å²) in [5.74, 6) is -0.690. The molecule has 0 bridgehead atoms. The van der Waals surface area contributed by atoms with Crippen molar-refractivity contribution in [2.24, 2.45) is 0 Å². The molecule has 0 aliphatic heterocycles. The fraction of sp³-hybridized carbons (Fsp3) is 0.167. The van der Waals surface area contributed by atoms with Crippen molar-refractivity contribution in [3.63, 3.8) is 0 Å². The van der Waals surface area contributed by atoms with Gasteiger partial charge in [0.2, 0.25) is 0 Å². The second kappa shape index (κ2) is 6.23. The topological polar surface area (TPSA) is 62.2 Å². The number of nitrogens with zero attached hydrogens (tertiary/aromatic N) is 1. The zero-order valence-electron chi connectivity index (χ0n) is 9.69. The number of carboxylic acid groups (broad SMARTS) is 1. The van der Waals surface area contributed by atoms with Crippen LogP contribution in [0, 0.1) is 0 Å². The van der Waals surface area contributed by atoms with Crippen molar-refractivity contribution in [2.75, 3.05) is 11.9 Å². The first-order chi connectivity index (χ1) is 9.08. The minimum Gasteiger partial charge on any atom is -0.478 e. The van der Waals surface area contributed by atoms with E-state index in [1.807, 2.05) is 12.1 Å². The predicted molar refractivity (Wildman–Crippen MR) is 77.7 cm³/mol. The average molecular weight is 317 g/mol. The Bertz CT molecular complexity index is 601. The van der Waals surface area contributed by atoms with Crippen LogP contribution in [0.1, 0.15) is 15.2 Å². The summed E-state index contributed by atoms with van der Waals surface area (Å²) in [6, 6.07) is 5.17. The fourth-order valence-electron chi connectivity index (χ4n) is 1.52. The molecular weight excluding hydrogens is 307 g/mol. The van der Waals surface area contributed by atoms with Crippen molar-refractivity contribution >= 4 is 46.3 Å². The zero-order chi connectivity index (χ0) is 13.8.